The van der Waals surface area contributed by atoms with Gasteiger partial charge in [0.05, 0.1) is 18.6 Å². The molecule has 3 nitrogen and oxygen atoms in total. The monoisotopic (exact) mass is 196 g/mol. The SMILES string of the molecule is COC1CC2CCC1C1COC(=O)C21. The molecule has 14 heavy (non-hydrogen) atoms. The number of cyclic esters (lactones) is 1. The number of fused-ring (bicyclic) bond motifs is 2. The predicted molar refractivity (Wildman–Crippen MR) is 49.6 cm³/mol. The van der Waals surface area contributed by atoms with Crippen LogP contribution in [0.25, 0.3) is 0 Å². The zero-order valence-electron chi connectivity index (χ0n) is 8.44. The smallest absolute Gasteiger partial charge is 0.309 e. The van der Waals surface area contributed by atoms with Crippen molar-refractivity contribution in [2.75, 3.05) is 13.7 Å². The van der Waals surface area contributed by atoms with Gasteiger partial charge in [-0.15, -0.1) is 0 Å². The topological polar surface area (TPSA) is 35.5 Å². The second kappa shape index (κ2) is 2.96. The first-order valence-electron chi connectivity index (χ1n) is 5.50. The summed E-state index contributed by atoms with van der Waals surface area (Å²) in [4.78, 5) is 11.5. The van der Waals surface area contributed by atoms with E-state index in [0.717, 1.165) is 6.42 Å². The molecule has 0 aromatic heterocycles. The lowest BCUT2D eigenvalue weighted by molar-refractivity contribution is -0.146. The van der Waals surface area contributed by atoms with Gasteiger partial charge in [-0.05, 0) is 31.1 Å². The van der Waals surface area contributed by atoms with Gasteiger partial charge in [0.2, 0.25) is 0 Å². The Bertz CT molecular complexity index is 263. The van der Waals surface area contributed by atoms with Crippen molar-refractivity contribution >= 4 is 5.97 Å². The number of carbonyl (C=O) groups is 1. The Kier molecular flexibility index (Phi) is 1.84. The molecule has 0 spiro atoms. The summed E-state index contributed by atoms with van der Waals surface area (Å²) in [5.74, 6) is 1.82. The molecule has 4 aliphatic rings. The van der Waals surface area contributed by atoms with Crippen LogP contribution in [0.4, 0.5) is 0 Å². The fraction of sp³-hybridized carbons (Fsp3) is 0.909. The van der Waals surface area contributed by atoms with E-state index in [1.807, 2.05) is 0 Å². The van der Waals surface area contributed by atoms with E-state index in [-0.39, 0.29) is 11.9 Å². The lowest BCUT2D eigenvalue weighted by atomic mass is 9.58. The van der Waals surface area contributed by atoms with Gasteiger partial charge in [0.25, 0.3) is 0 Å². The van der Waals surface area contributed by atoms with Crippen LogP contribution in [-0.2, 0) is 14.3 Å². The Morgan fingerprint density at radius 1 is 1.36 bits per heavy atom. The van der Waals surface area contributed by atoms with E-state index in [2.05, 4.69) is 0 Å². The Hall–Kier alpha value is -0.570. The van der Waals surface area contributed by atoms with E-state index < -0.39 is 0 Å². The van der Waals surface area contributed by atoms with E-state index in [1.165, 1.54) is 12.8 Å². The van der Waals surface area contributed by atoms with Crippen LogP contribution in [0.1, 0.15) is 19.3 Å². The molecule has 1 aliphatic heterocycles. The highest BCUT2D eigenvalue weighted by Gasteiger charge is 2.55. The summed E-state index contributed by atoms with van der Waals surface area (Å²) in [6.07, 6.45) is 3.86. The van der Waals surface area contributed by atoms with Gasteiger partial charge in [-0.3, -0.25) is 4.79 Å². The minimum absolute atomic E-state index is 0.0549. The van der Waals surface area contributed by atoms with Gasteiger partial charge >= 0.3 is 5.97 Å². The standard InChI is InChI=1S/C11H16O3/c1-13-9-4-6-2-3-7(9)8-5-14-11(12)10(6)8/h6-10H,2-5H2,1H3. The fourth-order valence-electron chi connectivity index (χ4n) is 3.76. The second-order valence-electron chi connectivity index (χ2n) is 4.83. The first kappa shape index (κ1) is 8.72. The molecule has 4 rings (SSSR count). The average Bonchev–Trinajstić information content (AvgIpc) is 2.63. The number of rotatable bonds is 1. The quantitative estimate of drug-likeness (QED) is 0.591. The van der Waals surface area contributed by atoms with E-state index in [4.69, 9.17) is 9.47 Å². The van der Waals surface area contributed by atoms with Crippen LogP contribution in [0.3, 0.4) is 0 Å². The van der Waals surface area contributed by atoms with Crippen LogP contribution in [0.5, 0.6) is 0 Å². The molecule has 4 fully saturated rings. The van der Waals surface area contributed by atoms with Crippen LogP contribution in [-0.4, -0.2) is 25.8 Å². The molecule has 3 heteroatoms. The Labute approximate surface area is 83.8 Å². The zero-order chi connectivity index (χ0) is 9.71. The van der Waals surface area contributed by atoms with Crippen molar-refractivity contribution in [3.63, 3.8) is 0 Å². The molecule has 5 unspecified atom stereocenters. The third kappa shape index (κ3) is 0.991. The molecule has 0 radical (unpaired) electrons. The maximum absolute atomic E-state index is 11.5. The summed E-state index contributed by atoms with van der Waals surface area (Å²) < 4.78 is 10.7. The molecule has 1 saturated heterocycles. The van der Waals surface area contributed by atoms with Crippen LogP contribution < -0.4 is 0 Å². The number of hydrogen-bond donors (Lipinski definition) is 0. The van der Waals surface area contributed by atoms with Crippen molar-refractivity contribution in [1.82, 2.24) is 0 Å². The highest BCUT2D eigenvalue weighted by atomic mass is 16.5. The number of hydrogen-bond acceptors (Lipinski definition) is 3. The van der Waals surface area contributed by atoms with Crippen LogP contribution >= 0.6 is 0 Å². The lowest BCUT2D eigenvalue weighted by Gasteiger charge is -2.47. The molecule has 2 bridgehead atoms. The molecule has 3 saturated carbocycles. The highest BCUT2D eigenvalue weighted by Crippen LogP contribution is 2.52. The lowest BCUT2D eigenvalue weighted by Crippen LogP contribution is -2.48. The predicted octanol–water partition coefficient (Wildman–Crippen LogP) is 1.22. The Morgan fingerprint density at radius 3 is 3.00 bits per heavy atom. The molecule has 78 valence electrons. The molecule has 3 aliphatic carbocycles. The van der Waals surface area contributed by atoms with Crippen molar-refractivity contribution in [2.45, 2.75) is 25.4 Å². The first-order chi connectivity index (χ1) is 6.81. The summed E-state index contributed by atoms with van der Waals surface area (Å²) in [7, 11) is 1.79. The molecular weight excluding hydrogens is 180 g/mol. The summed E-state index contributed by atoms with van der Waals surface area (Å²) >= 11 is 0. The Morgan fingerprint density at radius 2 is 2.21 bits per heavy atom. The first-order valence-corrected chi connectivity index (χ1v) is 5.50. The van der Waals surface area contributed by atoms with E-state index >= 15 is 0 Å². The average molecular weight is 196 g/mol. The van der Waals surface area contributed by atoms with Gasteiger partial charge in [0.15, 0.2) is 0 Å². The molecular formula is C11H16O3. The van der Waals surface area contributed by atoms with Gasteiger partial charge in [-0.1, -0.05) is 0 Å². The number of carbonyl (C=O) groups excluding carboxylic acids is 1. The van der Waals surface area contributed by atoms with Crippen molar-refractivity contribution in [2.24, 2.45) is 23.7 Å². The molecule has 0 aromatic rings. The third-order valence-electron chi connectivity index (χ3n) is 4.40. The van der Waals surface area contributed by atoms with Crippen LogP contribution in [0.2, 0.25) is 0 Å². The zero-order valence-corrected chi connectivity index (χ0v) is 8.44. The minimum atomic E-state index is 0.0549. The molecule has 0 amide bonds. The number of ether oxygens (including phenoxy) is 2. The van der Waals surface area contributed by atoms with Crippen LogP contribution in [0, 0.1) is 23.7 Å². The number of methoxy groups -OCH3 is 1. The summed E-state index contributed by atoms with van der Waals surface area (Å²) in [5.41, 5.74) is 0. The largest absolute Gasteiger partial charge is 0.465 e. The second-order valence-corrected chi connectivity index (χ2v) is 4.83. The van der Waals surface area contributed by atoms with Gasteiger partial charge in [-0.2, -0.15) is 0 Å². The highest BCUT2D eigenvalue weighted by molar-refractivity contribution is 5.75. The molecule has 0 N–H and O–H groups in total. The van der Waals surface area contributed by atoms with E-state index in [1.54, 1.807) is 7.11 Å². The summed E-state index contributed by atoms with van der Waals surface area (Å²) in [6.45, 7) is 0.643. The minimum Gasteiger partial charge on any atom is -0.465 e. The van der Waals surface area contributed by atoms with Gasteiger partial charge in [-0.25, -0.2) is 0 Å². The maximum atomic E-state index is 11.5. The molecule has 5 atom stereocenters. The summed E-state index contributed by atoms with van der Waals surface area (Å²) in [5, 5.41) is 0. The van der Waals surface area contributed by atoms with Crippen LogP contribution in [0.15, 0.2) is 0 Å². The fourth-order valence-corrected chi connectivity index (χ4v) is 3.76. The number of esters is 1. The Balaban J connectivity index is 1.89. The van der Waals surface area contributed by atoms with E-state index in [9.17, 15) is 4.79 Å². The van der Waals surface area contributed by atoms with Gasteiger partial charge in [0, 0.05) is 13.0 Å². The van der Waals surface area contributed by atoms with Crippen molar-refractivity contribution < 1.29 is 14.3 Å². The van der Waals surface area contributed by atoms with Gasteiger partial charge < -0.3 is 9.47 Å². The van der Waals surface area contributed by atoms with E-state index in [0.29, 0.717) is 30.5 Å². The third-order valence-corrected chi connectivity index (χ3v) is 4.40. The molecule has 0 aromatic carbocycles. The normalized spacial score (nSPS) is 50.4. The van der Waals surface area contributed by atoms with Gasteiger partial charge in [0.1, 0.15) is 0 Å². The molecule has 1 heterocycles. The van der Waals surface area contributed by atoms with Crippen molar-refractivity contribution in [3.8, 4) is 0 Å². The van der Waals surface area contributed by atoms with Crippen molar-refractivity contribution in [1.29, 1.82) is 0 Å². The summed E-state index contributed by atoms with van der Waals surface area (Å²) in [6, 6.07) is 0. The maximum Gasteiger partial charge on any atom is 0.309 e. The van der Waals surface area contributed by atoms with Crippen molar-refractivity contribution in [3.05, 3.63) is 0 Å².